The van der Waals surface area contributed by atoms with E-state index < -0.39 is 59.3 Å². The van der Waals surface area contributed by atoms with E-state index in [2.05, 4.69) is 169 Å². The van der Waals surface area contributed by atoms with Crippen LogP contribution in [0.15, 0.2) is 200 Å². The van der Waals surface area contributed by atoms with Crippen LogP contribution in [0.3, 0.4) is 0 Å². The second-order valence-corrected chi connectivity index (χ2v) is 16.5. The van der Waals surface area contributed by atoms with Gasteiger partial charge in [-0.3, -0.25) is 37.4 Å². The third-order valence-corrected chi connectivity index (χ3v) is 10.6. The van der Waals surface area contributed by atoms with Crippen LogP contribution in [0.1, 0.15) is 7.43 Å². The van der Waals surface area contributed by atoms with E-state index in [1.54, 1.807) is 12.1 Å². The van der Waals surface area contributed by atoms with Crippen molar-refractivity contribution in [3.63, 3.8) is 0 Å². The minimum absolute atomic E-state index is 0. The molecule has 0 amide bonds. The number of aromatic nitrogens is 6. The number of benzene rings is 2. The number of aryl methyl sites for hydroxylation is 2. The molecular formula is C55H39Br2ClF2N8O8. The lowest BCUT2D eigenvalue weighted by Gasteiger charge is -2.16. The van der Waals surface area contributed by atoms with Crippen molar-refractivity contribution in [1.29, 1.82) is 0 Å². The molecule has 0 saturated carbocycles. The van der Waals surface area contributed by atoms with Crippen LogP contribution in [0.25, 0.3) is 22.1 Å². The van der Waals surface area contributed by atoms with Crippen LogP contribution in [-0.4, -0.2) is 74.1 Å². The molecule has 6 aromatic rings. The van der Waals surface area contributed by atoms with Gasteiger partial charge in [-0.2, -0.15) is 0 Å². The van der Waals surface area contributed by atoms with Crippen molar-refractivity contribution in [1.82, 2.24) is 28.2 Å². The maximum absolute atomic E-state index is 14.3. The van der Waals surface area contributed by atoms with Crippen molar-refractivity contribution in [2.24, 2.45) is 14.1 Å². The Balaban J connectivity index is 0.000000303. The zero-order chi connectivity index (χ0) is 55.0. The van der Waals surface area contributed by atoms with Gasteiger partial charge in [0.25, 0.3) is 22.2 Å². The van der Waals surface area contributed by atoms with Crippen LogP contribution in [0.5, 0.6) is 0 Å². The fourth-order valence-corrected chi connectivity index (χ4v) is 6.75. The molecule has 382 valence electrons. The molecule has 0 aliphatic carbocycles. The van der Waals surface area contributed by atoms with Crippen LogP contribution in [0.2, 0.25) is 5.02 Å². The molecule has 4 heterocycles. The average molecular weight is 1170 g/mol. The average Bonchev–Trinajstić information content (AvgIpc) is 3.39. The van der Waals surface area contributed by atoms with Crippen molar-refractivity contribution in [2.75, 3.05) is 23.8 Å². The first kappa shape index (κ1) is 61.3. The molecule has 2 atom stereocenters. The molecule has 6 rings (SSSR count). The Hall–Kier alpha value is -9.05. The Morgan fingerprint density at radius 3 is 1.37 bits per heavy atom. The zero-order valence-corrected chi connectivity index (χ0v) is 43.0. The number of rotatable bonds is 10. The molecule has 0 aliphatic heterocycles. The van der Waals surface area contributed by atoms with E-state index in [1.807, 2.05) is 0 Å². The zero-order valence-electron chi connectivity index (χ0n) is 39.1. The van der Waals surface area contributed by atoms with E-state index in [1.165, 1.54) is 55.3 Å². The van der Waals surface area contributed by atoms with Crippen molar-refractivity contribution in [2.45, 2.75) is 32.7 Å². The number of fused-ring (bicyclic) bond motifs is 2. The van der Waals surface area contributed by atoms with Gasteiger partial charge in [0.1, 0.15) is 27.4 Å². The molecule has 0 saturated heterocycles. The first-order valence-corrected chi connectivity index (χ1v) is 22.9. The van der Waals surface area contributed by atoms with Crippen LogP contribution in [-0.2, 0) is 27.2 Å². The van der Waals surface area contributed by atoms with Crippen LogP contribution in [0.4, 0.5) is 31.5 Å². The SMILES string of the molecule is C.C=C=C=C=C=C=C=C=C=C=C=C=C=C=C=C=C=C=C=C.Cn1c(=O)c(Cl)c(Nc2ccc(Br)cc2F)c2c(=O)n(C[C@@H](O)CO)cnc21.Cn1c(=O)cc(Nc2ccc(Br)cc2F)c2c(=O)n(C[C@@H](O)CO)cnc21. The summed E-state index contributed by atoms with van der Waals surface area (Å²) in [5.74, 6) is -1.20. The lowest BCUT2D eigenvalue weighted by Crippen LogP contribution is -2.31. The molecule has 0 unspecified atom stereocenters. The van der Waals surface area contributed by atoms with E-state index in [4.69, 9.17) is 21.8 Å². The standard InChI is InChI=1S/C20H4.C17H15BrClFN4O4.C17H16BrFN4O4.CH4/c1-3-5-7-9-11-13-15-17-19-20-18-16-14-12-10-8-6-4-2;1-23-15-12(16(27)24(7-21-15)5-9(26)6-25)14(13(19)17(23)28)22-11-3-2-8(18)4-10(11)20;1-22-14(26)5-13(21-12-3-2-9(18)4-11(12)19)15-16(22)20-8-23(17(15)27)6-10(25)7-24;/h1-2H2;2-4,7,9,22,25-26H,5-6H2,1H3;2-5,8,10,21,24-25H,6-7H2,1H3;1H4/t;9-;10-;/m.11./s1. The number of aliphatic hydroxyl groups is 4. The van der Waals surface area contributed by atoms with E-state index in [-0.39, 0.29) is 70.4 Å². The summed E-state index contributed by atoms with van der Waals surface area (Å²) in [6.07, 6.45) is 0.0171. The summed E-state index contributed by atoms with van der Waals surface area (Å²) >= 11 is 12.5. The van der Waals surface area contributed by atoms with Gasteiger partial charge in [0, 0.05) is 29.1 Å². The number of nitrogens with one attached hydrogen (secondary N) is 2. The van der Waals surface area contributed by atoms with Crippen molar-refractivity contribution in [3.05, 3.63) is 238 Å². The van der Waals surface area contributed by atoms with Gasteiger partial charge in [-0.1, -0.05) is 62.3 Å². The summed E-state index contributed by atoms with van der Waals surface area (Å²) < 4.78 is 34.0. The minimum atomic E-state index is -1.18. The summed E-state index contributed by atoms with van der Waals surface area (Å²) in [4.78, 5) is 58.7. The van der Waals surface area contributed by atoms with E-state index >= 15 is 0 Å². The normalized spacial score (nSPS) is 9.93. The fourth-order valence-electron chi connectivity index (χ4n) is 5.81. The molecule has 2 aromatic carbocycles. The van der Waals surface area contributed by atoms with Crippen molar-refractivity contribution in [3.8, 4) is 0 Å². The molecule has 6 N–H and O–H groups in total. The van der Waals surface area contributed by atoms with Gasteiger partial charge < -0.3 is 31.1 Å². The number of anilines is 4. The lowest BCUT2D eigenvalue weighted by atomic mass is 10.2. The predicted octanol–water partition coefficient (Wildman–Crippen LogP) is 7.07. The van der Waals surface area contributed by atoms with Crippen molar-refractivity contribution < 1.29 is 29.2 Å². The lowest BCUT2D eigenvalue weighted by molar-refractivity contribution is 0.0802. The van der Waals surface area contributed by atoms with Gasteiger partial charge in [-0.15, -0.1) is 0 Å². The summed E-state index contributed by atoms with van der Waals surface area (Å²) in [7, 11) is 2.87. The number of halogens is 5. The molecule has 0 spiro atoms. The van der Waals surface area contributed by atoms with E-state index in [9.17, 15) is 38.2 Å². The summed E-state index contributed by atoms with van der Waals surface area (Å²) in [5, 5.41) is 42.4. The highest BCUT2D eigenvalue weighted by atomic mass is 79.9. The highest BCUT2D eigenvalue weighted by Crippen LogP contribution is 2.31. The van der Waals surface area contributed by atoms with Crippen LogP contribution < -0.4 is 32.9 Å². The second-order valence-electron chi connectivity index (χ2n) is 14.3. The molecule has 0 radical (unpaired) electrons. The molecule has 0 bridgehead atoms. The third kappa shape index (κ3) is 17.3. The fraction of sp³-hybridized carbons (Fsp3) is 0.164. The molecule has 76 heavy (non-hydrogen) atoms. The number of hydrogen-bond donors (Lipinski definition) is 6. The van der Waals surface area contributed by atoms with Crippen LogP contribution >= 0.6 is 43.5 Å². The van der Waals surface area contributed by atoms with Crippen LogP contribution in [0, 0.1) is 11.6 Å². The molecule has 16 nitrogen and oxygen atoms in total. The Labute approximate surface area is 452 Å². The molecular weight excluding hydrogens is 1130 g/mol. The Kier molecular flexibility index (Phi) is 24.9. The summed E-state index contributed by atoms with van der Waals surface area (Å²) in [6.45, 7) is 5.13. The molecule has 4 aromatic heterocycles. The predicted molar refractivity (Wildman–Crippen MR) is 290 cm³/mol. The molecule has 0 aliphatic rings. The summed E-state index contributed by atoms with van der Waals surface area (Å²) in [6, 6.07) is 9.73. The molecule has 0 fully saturated rings. The third-order valence-electron chi connectivity index (χ3n) is 9.24. The van der Waals surface area contributed by atoms with Gasteiger partial charge in [-0.05, 0) is 141 Å². The van der Waals surface area contributed by atoms with E-state index in [0.717, 1.165) is 20.0 Å². The number of pyridine rings is 2. The first-order chi connectivity index (χ1) is 36.0. The van der Waals surface area contributed by atoms with E-state index in [0.29, 0.717) is 8.95 Å². The number of aliphatic hydroxyl groups excluding tert-OH is 4. The van der Waals surface area contributed by atoms with Crippen molar-refractivity contribution >= 4 is 88.3 Å². The summed E-state index contributed by atoms with van der Waals surface area (Å²) in [5.41, 5.74) is 42.4. The van der Waals surface area contributed by atoms with Gasteiger partial charge in [0.15, 0.2) is 11.3 Å². The Bertz CT molecular complexity index is 4140. The second kappa shape index (κ2) is 30.9. The number of nitrogens with zero attached hydrogens (tertiary/aromatic N) is 6. The quantitative estimate of drug-likeness (QED) is 0.0760. The number of hydrogen-bond acceptors (Lipinski definition) is 12. The smallest absolute Gasteiger partial charge is 0.272 e. The topological polar surface area (TPSA) is 219 Å². The van der Waals surface area contributed by atoms with Gasteiger partial charge in [0.2, 0.25) is 0 Å². The minimum Gasteiger partial charge on any atom is -0.394 e. The highest BCUT2D eigenvalue weighted by molar-refractivity contribution is 9.10. The van der Waals surface area contributed by atoms with Gasteiger partial charge >= 0.3 is 0 Å². The first-order valence-electron chi connectivity index (χ1n) is 20.9. The molecule has 21 heteroatoms. The van der Waals surface area contributed by atoms with Gasteiger partial charge in [0.05, 0.1) is 73.9 Å². The Morgan fingerprint density at radius 1 is 0.592 bits per heavy atom. The maximum atomic E-state index is 14.3. The van der Waals surface area contributed by atoms with Gasteiger partial charge in [-0.25, -0.2) is 18.7 Å². The Morgan fingerprint density at radius 2 is 0.974 bits per heavy atom. The maximum Gasteiger partial charge on any atom is 0.272 e. The highest BCUT2D eigenvalue weighted by Gasteiger charge is 2.21. The monoisotopic (exact) mass is 1170 g/mol. The largest absolute Gasteiger partial charge is 0.394 e.